The third-order valence-electron chi connectivity index (χ3n) is 7.22. The molecule has 1 unspecified atom stereocenters. The van der Waals surface area contributed by atoms with Crippen molar-refractivity contribution in [1.29, 1.82) is 0 Å². The summed E-state index contributed by atoms with van der Waals surface area (Å²) in [7, 11) is 0. The third-order valence-corrected chi connectivity index (χ3v) is 7.45. The maximum Gasteiger partial charge on any atom is 0.429 e. The van der Waals surface area contributed by atoms with Crippen LogP contribution in [0.4, 0.5) is 19.0 Å². The minimum absolute atomic E-state index is 0.0800. The molecule has 202 valence electrons. The second-order valence-corrected chi connectivity index (χ2v) is 10.3. The number of aryl methyl sites for hydroxylation is 1. The van der Waals surface area contributed by atoms with Crippen molar-refractivity contribution in [1.82, 2.24) is 25.3 Å². The average molecular weight is 551 g/mol. The van der Waals surface area contributed by atoms with Crippen molar-refractivity contribution >= 4 is 23.4 Å². The Morgan fingerprint density at radius 2 is 2.03 bits per heavy atom. The van der Waals surface area contributed by atoms with Gasteiger partial charge >= 0.3 is 12.1 Å². The van der Waals surface area contributed by atoms with Crippen LogP contribution >= 0.6 is 11.6 Å². The van der Waals surface area contributed by atoms with Gasteiger partial charge in [-0.2, -0.15) is 23.4 Å². The van der Waals surface area contributed by atoms with Crippen LogP contribution in [0.25, 0.3) is 5.69 Å². The molecule has 1 aromatic carbocycles. The molecule has 13 heteroatoms. The number of ether oxygens (including phenoxy) is 1. The molecule has 2 saturated heterocycles. The van der Waals surface area contributed by atoms with Gasteiger partial charge in [-0.25, -0.2) is 4.68 Å². The Labute approximate surface area is 221 Å². The second-order valence-electron chi connectivity index (χ2n) is 9.86. The van der Waals surface area contributed by atoms with Gasteiger partial charge in [0.1, 0.15) is 11.8 Å². The molecule has 2 fully saturated rings. The van der Waals surface area contributed by atoms with Crippen LogP contribution in [0.3, 0.4) is 0 Å². The number of carboxylic acid groups (broad SMARTS) is 1. The van der Waals surface area contributed by atoms with Crippen LogP contribution in [0.5, 0.6) is 5.75 Å². The summed E-state index contributed by atoms with van der Waals surface area (Å²) >= 11 is 6.11. The van der Waals surface area contributed by atoms with Gasteiger partial charge < -0.3 is 20.1 Å². The quantitative estimate of drug-likeness (QED) is 0.467. The van der Waals surface area contributed by atoms with Gasteiger partial charge in [0, 0.05) is 42.5 Å². The van der Waals surface area contributed by atoms with Gasteiger partial charge in [-0.3, -0.25) is 4.79 Å². The van der Waals surface area contributed by atoms with E-state index in [1.807, 2.05) is 4.90 Å². The maximum atomic E-state index is 14.3. The van der Waals surface area contributed by atoms with E-state index in [1.54, 1.807) is 19.2 Å². The van der Waals surface area contributed by atoms with Gasteiger partial charge in [0.2, 0.25) is 6.10 Å². The predicted molar refractivity (Wildman–Crippen MR) is 133 cm³/mol. The molecule has 4 heterocycles. The topological polar surface area (TPSA) is 105 Å². The number of alkyl halides is 3. The van der Waals surface area contributed by atoms with E-state index in [-0.39, 0.29) is 27.4 Å². The first-order valence-electron chi connectivity index (χ1n) is 12.1. The van der Waals surface area contributed by atoms with Crippen molar-refractivity contribution in [3.8, 4) is 11.4 Å². The summed E-state index contributed by atoms with van der Waals surface area (Å²) in [5, 5.41) is 24.9. The van der Waals surface area contributed by atoms with Crippen molar-refractivity contribution in [3.63, 3.8) is 0 Å². The first kappa shape index (κ1) is 26.2. The van der Waals surface area contributed by atoms with Crippen molar-refractivity contribution in [2.24, 2.45) is 5.41 Å². The SMILES string of the molecule is Cc1ccn(-c2cc(Cl)ccc2C(Oc2cnnc(N3CCC4(CC3)CN[C@H](C(=O)O)C4)c2)C(F)(F)F)n1. The summed E-state index contributed by atoms with van der Waals surface area (Å²) in [4.78, 5) is 13.3. The van der Waals surface area contributed by atoms with E-state index in [2.05, 4.69) is 20.6 Å². The Hall–Kier alpha value is -3.38. The number of nitrogens with one attached hydrogen (secondary N) is 1. The minimum Gasteiger partial charge on any atom is -0.480 e. The summed E-state index contributed by atoms with van der Waals surface area (Å²) in [6.07, 6.45) is -2.32. The molecule has 2 aliphatic heterocycles. The number of carboxylic acids is 1. The fourth-order valence-corrected chi connectivity index (χ4v) is 5.34. The molecule has 2 atom stereocenters. The monoisotopic (exact) mass is 550 g/mol. The number of anilines is 1. The molecule has 0 amide bonds. The highest BCUT2D eigenvalue weighted by atomic mass is 35.5. The van der Waals surface area contributed by atoms with E-state index in [4.69, 9.17) is 16.3 Å². The molecular weight excluding hydrogens is 525 g/mol. The molecule has 2 N–H and O–H groups in total. The lowest BCUT2D eigenvalue weighted by Crippen LogP contribution is -2.41. The Kier molecular flexibility index (Phi) is 6.95. The van der Waals surface area contributed by atoms with Gasteiger partial charge in [0.25, 0.3) is 0 Å². The minimum atomic E-state index is -4.75. The highest BCUT2D eigenvalue weighted by molar-refractivity contribution is 6.30. The number of benzene rings is 1. The summed E-state index contributed by atoms with van der Waals surface area (Å²) in [6, 6.07) is 6.65. The van der Waals surface area contributed by atoms with Crippen LogP contribution in [0.1, 0.15) is 36.6 Å². The van der Waals surface area contributed by atoms with Crippen LogP contribution in [0.2, 0.25) is 5.02 Å². The number of carbonyl (C=O) groups is 1. The van der Waals surface area contributed by atoms with Crippen molar-refractivity contribution in [2.45, 2.75) is 44.5 Å². The fraction of sp³-hybridized carbons (Fsp3) is 0.440. The lowest BCUT2D eigenvalue weighted by atomic mass is 9.76. The van der Waals surface area contributed by atoms with E-state index in [9.17, 15) is 23.1 Å². The second kappa shape index (κ2) is 10.1. The molecular formula is C25H26ClF3N6O3. The summed E-state index contributed by atoms with van der Waals surface area (Å²) in [5.41, 5.74) is 0.531. The number of piperidine rings is 1. The highest BCUT2D eigenvalue weighted by Gasteiger charge is 2.46. The van der Waals surface area contributed by atoms with E-state index in [0.717, 1.165) is 19.0 Å². The van der Waals surface area contributed by atoms with Gasteiger partial charge in [0.15, 0.2) is 5.82 Å². The van der Waals surface area contributed by atoms with E-state index in [1.165, 1.54) is 28.9 Å². The van der Waals surface area contributed by atoms with E-state index in [0.29, 0.717) is 37.6 Å². The van der Waals surface area contributed by atoms with E-state index >= 15 is 0 Å². The Bertz CT molecular complexity index is 1330. The highest BCUT2D eigenvalue weighted by Crippen LogP contribution is 2.42. The molecule has 5 rings (SSSR count). The Balaban J connectivity index is 1.37. The van der Waals surface area contributed by atoms with Gasteiger partial charge in [0.05, 0.1) is 17.6 Å². The number of hydrogen-bond acceptors (Lipinski definition) is 7. The molecule has 9 nitrogen and oxygen atoms in total. The Morgan fingerprint density at radius 1 is 1.26 bits per heavy atom. The smallest absolute Gasteiger partial charge is 0.429 e. The number of aliphatic carboxylic acids is 1. The zero-order valence-corrected chi connectivity index (χ0v) is 21.2. The van der Waals surface area contributed by atoms with Crippen molar-refractivity contribution < 1.29 is 27.8 Å². The molecule has 2 aromatic heterocycles. The Morgan fingerprint density at radius 3 is 2.66 bits per heavy atom. The van der Waals surface area contributed by atoms with Crippen molar-refractivity contribution in [2.75, 3.05) is 24.5 Å². The fourth-order valence-electron chi connectivity index (χ4n) is 5.17. The number of rotatable bonds is 6. The molecule has 0 bridgehead atoms. The van der Waals surface area contributed by atoms with Crippen LogP contribution in [-0.4, -0.2) is 62.9 Å². The molecule has 2 aliphatic rings. The lowest BCUT2D eigenvalue weighted by Gasteiger charge is -2.39. The molecule has 3 aromatic rings. The van der Waals surface area contributed by atoms with E-state index < -0.39 is 24.3 Å². The normalized spacial score (nSPS) is 20.0. The molecule has 1 spiro atoms. The average Bonchev–Trinajstić information content (AvgIpc) is 3.49. The zero-order chi connectivity index (χ0) is 27.1. The number of halogens is 4. The number of hydrogen-bond donors (Lipinski definition) is 2. The van der Waals surface area contributed by atoms with Gasteiger partial charge in [-0.05, 0) is 49.8 Å². The maximum absolute atomic E-state index is 14.3. The van der Waals surface area contributed by atoms with Crippen LogP contribution in [0, 0.1) is 12.3 Å². The van der Waals surface area contributed by atoms with Crippen LogP contribution < -0.4 is 15.0 Å². The summed E-state index contributed by atoms with van der Waals surface area (Å²) < 4.78 is 49.8. The lowest BCUT2D eigenvalue weighted by molar-refractivity contribution is -0.198. The molecule has 0 radical (unpaired) electrons. The standard InChI is InChI=1S/C25H26ClF3N6O3/c1-15-4-7-35(33-15)20-10-16(26)2-3-18(20)22(25(27,28)29)38-17-11-21(32-31-13-17)34-8-5-24(6-9-34)12-19(23(36)37)30-14-24/h2-4,7,10-11,13,19,22,30H,5-6,8-9,12,14H2,1H3,(H,36,37)/t19-,22?/m0/s1. The first-order valence-corrected chi connectivity index (χ1v) is 12.5. The zero-order valence-electron chi connectivity index (χ0n) is 20.5. The van der Waals surface area contributed by atoms with Crippen LogP contribution in [-0.2, 0) is 4.79 Å². The largest absolute Gasteiger partial charge is 0.480 e. The van der Waals surface area contributed by atoms with Gasteiger partial charge in [-0.15, -0.1) is 5.10 Å². The summed E-state index contributed by atoms with van der Waals surface area (Å²) in [6.45, 7) is 3.52. The van der Waals surface area contributed by atoms with Gasteiger partial charge in [-0.1, -0.05) is 17.7 Å². The first-order chi connectivity index (χ1) is 18.0. The molecule has 0 saturated carbocycles. The van der Waals surface area contributed by atoms with Crippen molar-refractivity contribution in [3.05, 3.63) is 59.0 Å². The predicted octanol–water partition coefficient (Wildman–Crippen LogP) is 4.34. The third kappa shape index (κ3) is 5.41. The molecule has 38 heavy (non-hydrogen) atoms. The molecule has 0 aliphatic carbocycles. The number of nitrogens with zero attached hydrogens (tertiary/aromatic N) is 5. The number of aromatic nitrogens is 4. The van der Waals surface area contributed by atoms with Crippen LogP contribution in [0.15, 0.2) is 42.7 Å². The summed E-state index contributed by atoms with van der Waals surface area (Å²) in [5.74, 6) is -0.535.